The Kier molecular flexibility index (Phi) is 4.29. The van der Waals surface area contributed by atoms with Gasteiger partial charge in [-0.1, -0.05) is 38.0 Å². The van der Waals surface area contributed by atoms with E-state index in [9.17, 15) is 0 Å². The molecule has 1 aromatic heterocycles. The van der Waals surface area contributed by atoms with Crippen LogP contribution in [0.2, 0.25) is 0 Å². The Labute approximate surface area is 115 Å². The summed E-state index contributed by atoms with van der Waals surface area (Å²) in [6, 6.07) is 8.41. The van der Waals surface area contributed by atoms with Gasteiger partial charge < -0.3 is 4.42 Å². The second kappa shape index (κ2) is 5.95. The second-order valence-corrected chi connectivity index (χ2v) is 4.81. The minimum Gasteiger partial charge on any atom is -0.459 e. The lowest BCUT2D eigenvalue weighted by Crippen LogP contribution is -2.29. The van der Waals surface area contributed by atoms with Crippen LogP contribution in [0.4, 0.5) is 0 Å². The molecular weight excluding hydrogens is 234 g/mol. The van der Waals surface area contributed by atoms with Crippen LogP contribution in [0.3, 0.4) is 0 Å². The highest BCUT2D eigenvalue weighted by atomic mass is 16.3. The Morgan fingerprint density at radius 2 is 2.05 bits per heavy atom. The van der Waals surface area contributed by atoms with Gasteiger partial charge in [0, 0.05) is 10.9 Å². The summed E-state index contributed by atoms with van der Waals surface area (Å²) in [4.78, 5) is 0. The maximum absolute atomic E-state index is 6.01. The van der Waals surface area contributed by atoms with E-state index in [0.29, 0.717) is 0 Å². The molecule has 0 fully saturated rings. The maximum Gasteiger partial charge on any atom is 0.134 e. The topological polar surface area (TPSA) is 25.2 Å². The highest BCUT2D eigenvalue weighted by molar-refractivity contribution is 5.82. The first-order valence-corrected chi connectivity index (χ1v) is 6.93. The van der Waals surface area contributed by atoms with Gasteiger partial charge in [-0.15, -0.1) is 6.42 Å². The van der Waals surface area contributed by atoms with Crippen molar-refractivity contribution in [1.29, 1.82) is 0 Å². The van der Waals surface area contributed by atoms with Crippen molar-refractivity contribution in [1.82, 2.24) is 5.32 Å². The van der Waals surface area contributed by atoms with Crippen molar-refractivity contribution in [2.24, 2.45) is 0 Å². The number of hydrogen-bond acceptors (Lipinski definition) is 2. The van der Waals surface area contributed by atoms with Gasteiger partial charge in [-0.05, 0) is 25.8 Å². The summed E-state index contributed by atoms with van der Waals surface area (Å²) in [5.74, 6) is 3.78. The second-order valence-electron chi connectivity index (χ2n) is 4.81. The molecule has 2 unspecified atom stereocenters. The summed E-state index contributed by atoms with van der Waals surface area (Å²) >= 11 is 0. The molecular formula is C17H21NO. The van der Waals surface area contributed by atoms with Crippen molar-refractivity contribution < 1.29 is 4.42 Å². The smallest absolute Gasteiger partial charge is 0.134 e. The molecule has 0 saturated heterocycles. The molecule has 2 heteroatoms. The van der Waals surface area contributed by atoms with Crippen LogP contribution < -0.4 is 5.32 Å². The standard InChI is InChI=1S/C17H21NO/c1-5-13(6-2)18-12(4)17-14(7-3)15-10-8-9-11-16(15)19-17/h1,8-13,18H,6-7H2,2-4H3. The van der Waals surface area contributed by atoms with E-state index in [-0.39, 0.29) is 12.1 Å². The van der Waals surface area contributed by atoms with E-state index >= 15 is 0 Å². The van der Waals surface area contributed by atoms with Gasteiger partial charge >= 0.3 is 0 Å². The van der Waals surface area contributed by atoms with E-state index in [1.54, 1.807) is 0 Å². The highest BCUT2D eigenvalue weighted by Gasteiger charge is 2.19. The number of furan rings is 1. The fraction of sp³-hybridized carbons (Fsp3) is 0.412. The van der Waals surface area contributed by atoms with Crippen molar-refractivity contribution in [2.45, 2.75) is 45.7 Å². The summed E-state index contributed by atoms with van der Waals surface area (Å²) < 4.78 is 6.01. The first-order valence-electron chi connectivity index (χ1n) is 6.93. The monoisotopic (exact) mass is 255 g/mol. The average Bonchev–Trinajstić information content (AvgIpc) is 2.83. The third-order valence-electron chi connectivity index (χ3n) is 3.54. The third kappa shape index (κ3) is 2.67. The molecule has 2 atom stereocenters. The number of rotatable bonds is 5. The van der Waals surface area contributed by atoms with Crippen LogP contribution in [-0.2, 0) is 6.42 Å². The van der Waals surface area contributed by atoms with E-state index in [2.05, 4.69) is 44.1 Å². The van der Waals surface area contributed by atoms with E-state index in [0.717, 1.165) is 24.2 Å². The molecule has 0 radical (unpaired) electrons. The zero-order chi connectivity index (χ0) is 13.8. The lowest BCUT2D eigenvalue weighted by atomic mass is 10.0. The predicted octanol–water partition coefficient (Wildman–Crippen LogP) is 4.06. The molecule has 0 bridgehead atoms. The zero-order valence-corrected chi connectivity index (χ0v) is 11.9. The van der Waals surface area contributed by atoms with Gasteiger partial charge in [0.2, 0.25) is 0 Å². The predicted molar refractivity (Wildman–Crippen MR) is 80.1 cm³/mol. The van der Waals surface area contributed by atoms with Gasteiger partial charge in [-0.25, -0.2) is 0 Å². The van der Waals surface area contributed by atoms with Crippen LogP contribution in [-0.4, -0.2) is 6.04 Å². The number of hydrogen-bond donors (Lipinski definition) is 1. The molecule has 2 nitrogen and oxygen atoms in total. The summed E-state index contributed by atoms with van der Waals surface area (Å²) in [6.45, 7) is 6.35. The Hall–Kier alpha value is -1.72. The maximum atomic E-state index is 6.01. The zero-order valence-electron chi connectivity index (χ0n) is 11.9. The van der Waals surface area contributed by atoms with Crippen LogP contribution in [0.25, 0.3) is 11.0 Å². The first-order chi connectivity index (χ1) is 9.21. The molecule has 0 spiro atoms. The number of benzene rings is 1. The number of aryl methyl sites for hydroxylation is 1. The third-order valence-corrected chi connectivity index (χ3v) is 3.54. The van der Waals surface area contributed by atoms with E-state index in [1.807, 2.05) is 12.1 Å². The van der Waals surface area contributed by atoms with Gasteiger partial charge in [-0.3, -0.25) is 5.32 Å². The van der Waals surface area contributed by atoms with Gasteiger partial charge in [0.05, 0.1) is 12.1 Å². The number of terminal acetylenes is 1. The Balaban J connectivity index is 2.36. The van der Waals surface area contributed by atoms with Crippen LogP contribution in [0, 0.1) is 12.3 Å². The summed E-state index contributed by atoms with van der Waals surface area (Å²) in [6.07, 6.45) is 7.39. The number of para-hydroxylation sites is 1. The Morgan fingerprint density at radius 1 is 1.32 bits per heavy atom. The summed E-state index contributed by atoms with van der Waals surface area (Å²) in [5, 5.41) is 4.65. The van der Waals surface area contributed by atoms with Crippen molar-refractivity contribution in [3.8, 4) is 12.3 Å². The highest BCUT2D eigenvalue weighted by Crippen LogP contribution is 2.30. The van der Waals surface area contributed by atoms with E-state index in [1.165, 1.54) is 10.9 Å². The average molecular weight is 255 g/mol. The Bertz CT molecular complexity index is 591. The van der Waals surface area contributed by atoms with E-state index in [4.69, 9.17) is 10.8 Å². The lowest BCUT2D eigenvalue weighted by molar-refractivity contribution is 0.423. The van der Waals surface area contributed by atoms with Crippen LogP contribution in [0.5, 0.6) is 0 Å². The van der Waals surface area contributed by atoms with Crippen molar-refractivity contribution in [2.75, 3.05) is 0 Å². The molecule has 0 saturated carbocycles. The van der Waals surface area contributed by atoms with Crippen molar-refractivity contribution >= 4 is 11.0 Å². The molecule has 2 aromatic rings. The van der Waals surface area contributed by atoms with E-state index < -0.39 is 0 Å². The minimum absolute atomic E-state index is 0.0907. The van der Waals surface area contributed by atoms with Gasteiger partial charge in [0.25, 0.3) is 0 Å². The molecule has 0 aliphatic heterocycles. The van der Waals surface area contributed by atoms with Crippen molar-refractivity contribution in [3.63, 3.8) is 0 Å². The number of nitrogens with one attached hydrogen (secondary N) is 1. The van der Waals surface area contributed by atoms with Crippen molar-refractivity contribution in [3.05, 3.63) is 35.6 Å². The quantitative estimate of drug-likeness (QED) is 0.815. The Morgan fingerprint density at radius 3 is 2.68 bits per heavy atom. The van der Waals surface area contributed by atoms with Crippen LogP contribution in [0.15, 0.2) is 28.7 Å². The fourth-order valence-corrected chi connectivity index (χ4v) is 2.49. The van der Waals surface area contributed by atoms with Crippen LogP contribution in [0.1, 0.15) is 44.6 Å². The molecule has 19 heavy (non-hydrogen) atoms. The number of fused-ring (bicyclic) bond motifs is 1. The van der Waals surface area contributed by atoms with Gasteiger partial charge in [0.15, 0.2) is 0 Å². The molecule has 2 rings (SSSR count). The molecule has 0 aliphatic rings. The minimum atomic E-state index is 0.0907. The lowest BCUT2D eigenvalue weighted by Gasteiger charge is -2.17. The molecule has 1 aromatic carbocycles. The first kappa shape index (κ1) is 13.7. The van der Waals surface area contributed by atoms with Gasteiger partial charge in [0.1, 0.15) is 11.3 Å². The molecule has 100 valence electrons. The normalized spacial score (nSPS) is 14.2. The SMILES string of the molecule is C#CC(CC)NC(C)c1oc2ccccc2c1CC. The van der Waals surface area contributed by atoms with Crippen LogP contribution >= 0.6 is 0 Å². The summed E-state index contributed by atoms with van der Waals surface area (Å²) in [5.41, 5.74) is 2.24. The molecule has 0 aliphatic carbocycles. The van der Waals surface area contributed by atoms with Gasteiger partial charge in [-0.2, -0.15) is 0 Å². The summed E-state index contributed by atoms with van der Waals surface area (Å²) in [7, 11) is 0. The molecule has 1 heterocycles. The largest absolute Gasteiger partial charge is 0.459 e. The molecule has 0 amide bonds. The molecule has 1 N–H and O–H groups in total. The fourth-order valence-electron chi connectivity index (χ4n) is 2.49.